The maximum Gasteiger partial charge on any atom is 0.329 e. The summed E-state index contributed by atoms with van der Waals surface area (Å²) in [6.45, 7) is 1.39. The Hall–Kier alpha value is -1.86. The number of aliphatic carboxylic acids is 1. The highest BCUT2D eigenvalue weighted by Crippen LogP contribution is 2.41. The van der Waals surface area contributed by atoms with Gasteiger partial charge in [0.25, 0.3) is 0 Å². The highest BCUT2D eigenvalue weighted by molar-refractivity contribution is 5.84. The topological polar surface area (TPSA) is 40.5 Å². The van der Waals surface area contributed by atoms with Gasteiger partial charge in [-0.1, -0.05) is 6.92 Å². The second kappa shape index (κ2) is 5.16. The van der Waals surface area contributed by atoms with E-state index in [1.807, 2.05) is 0 Å². The Kier molecular flexibility index (Phi) is 3.81. The van der Waals surface area contributed by atoms with Crippen LogP contribution >= 0.6 is 0 Å². The van der Waals surface area contributed by atoms with Crippen molar-refractivity contribution < 1.29 is 31.9 Å². The standard InChI is InChI=1S/C13H12F5NO2/c1-2-13(12(20)21)4-3-5-19(13)11-9(17)7(15)6(14)8(16)10(11)18/h2-5H2,1H3,(H,20,21). The van der Waals surface area contributed by atoms with Crippen molar-refractivity contribution in [2.75, 3.05) is 11.4 Å². The minimum Gasteiger partial charge on any atom is -0.479 e. The molecule has 0 amide bonds. The predicted octanol–water partition coefficient (Wildman–Crippen LogP) is 3.22. The van der Waals surface area contributed by atoms with Crippen LogP contribution in [0.1, 0.15) is 26.2 Å². The third-order valence-corrected chi connectivity index (χ3v) is 3.93. The number of nitrogens with zero attached hydrogens (tertiary/aromatic N) is 1. The van der Waals surface area contributed by atoms with E-state index in [1.165, 1.54) is 6.92 Å². The molecule has 0 radical (unpaired) electrons. The van der Waals surface area contributed by atoms with Gasteiger partial charge in [0.2, 0.25) is 5.82 Å². The summed E-state index contributed by atoms with van der Waals surface area (Å²) in [5.74, 6) is -11.8. The molecule has 0 bridgehead atoms. The zero-order valence-corrected chi connectivity index (χ0v) is 11.0. The van der Waals surface area contributed by atoms with Crippen LogP contribution in [0.2, 0.25) is 0 Å². The maximum atomic E-state index is 13.8. The lowest BCUT2D eigenvalue weighted by Crippen LogP contribution is -2.51. The number of carboxylic acid groups (broad SMARTS) is 1. The monoisotopic (exact) mass is 309 g/mol. The van der Waals surface area contributed by atoms with Crippen LogP contribution in [0.3, 0.4) is 0 Å². The van der Waals surface area contributed by atoms with E-state index >= 15 is 0 Å². The molecule has 1 aliphatic heterocycles. The summed E-state index contributed by atoms with van der Waals surface area (Å²) in [4.78, 5) is 12.2. The van der Waals surface area contributed by atoms with Gasteiger partial charge in [-0.05, 0) is 19.3 Å². The van der Waals surface area contributed by atoms with Crippen LogP contribution < -0.4 is 4.90 Å². The van der Waals surface area contributed by atoms with Crippen LogP contribution in [0.4, 0.5) is 27.6 Å². The molecule has 1 aromatic carbocycles. The van der Waals surface area contributed by atoms with E-state index in [0.717, 1.165) is 4.90 Å². The molecule has 2 rings (SSSR count). The number of carboxylic acids is 1. The average Bonchev–Trinajstić information content (AvgIpc) is 2.88. The van der Waals surface area contributed by atoms with Crippen molar-refractivity contribution in [2.24, 2.45) is 0 Å². The lowest BCUT2D eigenvalue weighted by molar-refractivity contribution is -0.143. The summed E-state index contributed by atoms with van der Waals surface area (Å²) in [5, 5.41) is 9.32. The first kappa shape index (κ1) is 15.5. The SMILES string of the molecule is CCC1(C(=O)O)CCCN1c1c(F)c(F)c(F)c(F)c1F. The number of benzene rings is 1. The lowest BCUT2D eigenvalue weighted by Gasteiger charge is -2.36. The molecule has 0 aromatic heterocycles. The molecule has 1 saturated heterocycles. The fraction of sp³-hybridized carbons (Fsp3) is 0.462. The summed E-state index contributed by atoms with van der Waals surface area (Å²) in [6, 6.07) is 0. The molecular formula is C13H12F5NO2. The smallest absolute Gasteiger partial charge is 0.329 e. The molecule has 1 aromatic rings. The van der Waals surface area contributed by atoms with Crippen molar-refractivity contribution in [3.05, 3.63) is 29.1 Å². The highest BCUT2D eigenvalue weighted by Gasteiger charge is 2.49. The molecular weight excluding hydrogens is 297 g/mol. The second-order valence-corrected chi connectivity index (χ2v) is 4.86. The molecule has 1 unspecified atom stereocenters. The van der Waals surface area contributed by atoms with Crippen molar-refractivity contribution in [1.29, 1.82) is 0 Å². The van der Waals surface area contributed by atoms with Gasteiger partial charge in [0.1, 0.15) is 11.2 Å². The molecule has 116 valence electrons. The molecule has 1 N–H and O–H groups in total. The van der Waals surface area contributed by atoms with Gasteiger partial charge in [-0.15, -0.1) is 0 Å². The molecule has 8 heteroatoms. The Bertz CT molecular complexity index is 578. The zero-order valence-electron chi connectivity index (χ0n) is 11.0. The summed E-state index contributed by atoms with van der Waals surface area (Å²) in [7, 11) is 0. The van der Waals surface area contributed by atoms with Gasteiger partial charge in [0.05, 0.1) is 0 Å². The Morgan fingerprint density at radius 3 is 2.00 bits per heavy atom. The van der Waals surface area contributed by atoms with Crippen molar-refractivity contribution in [2.45, 2.75) is 31.7 Å². The molecule has 1 heterocycles. The highest BCUT2D eigenvalue weighted by atomic mass is 19.2. The first-order valence-corrected chi connectivity index (χ1v) is 6.30. The molecule has 1 atom stereocenters. The summed E-state index contributed by atoms with van der Waals surface area (Å²) in [5.41, 5.74) is -2.84. The summed E-state index contributed by atoms with van der Waals surface area (Å²) in [6.07, 6.45) is 0.319. The van der Waals surface area contributed by atoms with Crippen LogP contribution in [0.15, 0.2) is 0 Å². The second-order valence-electron chi connectivity index (χ2n) is 4.86. The minimum atomic E-state index is -2.26. The van der Waals surface area contributed by atoms with E-state index < -0.39 is 46.3 Å². The largest absolute Gasteiger partial charge is 0.479 e. The van der Waals surface area contributed by atoms with Crippen LogP contribution in [0.5, 0.6) is 0 Å². The molecule has 0 spiro atoms. The van der Waals surface area contributed by atoms with E-state index in [1.54, 1.807) is 0 Å². The van der Waals surface area contributed by atoms with E-state index in [9.17, 15) is 31.9 Å². The van der Waals surface area contributed by atoms with Crippen molar-refractivity contribution in [1.82, 2.24) is 0 Å². The minimum absolute atomic E-state index is 0.0260. The van der Waals surface area contributed by atoms with Crippen LogP contribution in [0.25, 0.3) is 0 Å². The zero-order chi connectivity index (χ0) is 15.9. The maximum absolute atomic E-state index is 13.8. The Morgan fingerprint density at radius 1 is 1.10 bits per heavy atom. The number of rotatable bonds is 3. The van der Waals surface area contributed by atoms with Gasteiger partial charge in [0, 0.05) is 6.54 Å². The summed E-state index contributed by atoms with van der Waals surface area (Å²) < 4.78 is 67.3. The number of hydrogen-bond donors (Lipinski definition) is 1. The molecule has 1 fully saturated rings. The van der Waals surface area contributed by atoms with Gasteiger partial charge in [0.15, 0.2) is 23.3 Å². The predicted molar refractivity (Wildman–Crippen MR) is 63.5 cm³/mol. The van der Waals surface area contributed by atoms with Gasteiger partial charge < -0.3 is 10.0 Å². The van der Waals surface area contributed by atoms with E-state index in [0.29, 0.717) is 0 Å². The first-order valence-electron chi connectivity index (χ1n) is 6.30. The fourth-order valence-corrected chi connectivity index (χ4v) is 2.78. The molecule has 1 aliphatic rings. The number of carbonyl (C=O) groups is 1. The van der Waals surface area contributed by atoms with Crippen molar-refractivity contribution >= 4 is 11.7 Å². The number of hydrogen-bond acceptors (Lipinski definition) is 2. The van der Waals surface area contributed by atoms with Gasteiger partial charge in [-0.25, -0.2) is 26.7 Å². The van der Waals surface area contributed by atoms with Crippen LogP contribution in [0, 0.1) is 29.1 Å². The Balaban J connectivity index is 2.69. The molecule has 0 saturated carbocycles. The normalized spacial score (nSPS) is 21.9. The molecule has 21 heavy (non-hydrogen) atoms. The van der Waals surface area contributed by atoms with E-state index in [-0.39, 0.29) is 25.8 Å². The van der Waals surface area contributed by atoms with E-state index in [2.05, 4.69) is 0 Å². The van der Waals surface area contributed by atoms with E-state index in [4.69, 9.17) is 0 Å². The molecule has 0 aliphatic carbocycles. The van der Waals surface area contributed by atoms with Crippen molar-refractivity contribution in [3.8, 4) is 0 Å². The fourth-order valence-electron chi connectivity index (χ4n) is 2.78. The average molecular weight is 309 g/mol. The molecule has 3 nitrogen and oxygen atoms in total. The Morgan fingerprint density at radius 2 is 1.57 bits per heavy atom. The number of anilines is 1. The van der Waals surface area contributed by atoms with Gasteiger partial charge >= 0.3 is 5.97 Å². The third-order valence-electron chi connectivity index (χ3n) is 3.93. The Labute approximate surface area is 117 Å². The summed E-state index contributed by atoms with van der Waals surface area (Å²) >= 11 is 0. The van der Waals surface area contributed by atoms with Crippen LogP contribution in [-0.4, -0.2) is 23.2 Å². The quantitative estimate of drug-likeness (QED) is 0.529. The van der Waals surface area contributed by atoms with Gasteiger partial charge in [-0.3, -0.25) is 0 Å². The third kappa shape index (κ3) is 2.04. The lowest BCUT2D eigenvalue weighted by atomic mass is 9.92. The first-order chi connectivity index (χ1) is 9.77. The number of halogens is 5. The van der Waals surface area contributed by atoms with Gasteiger partial charge in [-0.2, -0.15) is 0 Å². The van der Waals surface area contributed by atoms with Crippen molar-refractivity contribution in [3.63, 3.8) is 0 Å². The van der Waals surface area contributed by atoms with Crippen LogP contribution in [-0.2, 0) is 4.79 Å².